The molecule has 0 amide bonds. The minimum atomic E-state index is 0.356. The first-order valence-corrected chi connectivity index (χ1v) is 5.01. The van der Waals surface area contributed by atoms with E-state index in [9.17, 15) is 0 Å². The Hall–Kier alpha value is -0.510. The first kappa shape index (κ1) is 11.6. The maximum Gasteiger partial charge on any atom is 0.264 e. The molecule has 0 aliphatic heterocycles. The van der Waals surface area contributed by atoms with E-state index in [-0.39, 0.29) is 0 Å². The number of benzene rings is 1. The molecule has 0 aliphatic carbocycles. The zero-order valence-electron chi connectivity index (χ0n) is 7.75. The lowest BCUT2D eigenvalue weighted by Crippen LogP contribution is -2.25. The van der Waals surface area contributed by atoms with Crippen LogP contribution in [0.5, 0.6) is 5.75 Å². The molecule has 0 N–H and O–H groups in total. The Morgan fingerprint density at radius 2 is 2.00 bits per heavy atom. The molecule has 0 saturated heterocycles. The second-order valence-corrected chi connectivity index (χ2v) is 4.03. The standard InChI is InChI=1S/C9H9Cl2NOS/c1-12(2)9(14)13-8-4-3-6(10)5-7(8)11/h3-5H,1-2H3. The lowest BCUT2D eigenvalue weighted by molar-refractivity contribution is 0.449. The summed E-state index contributed by atoms with van der Waals surface area (Å²) in [4.78, 5) is 1.68. The third kappa shape index (κ3) is 3.01. The zero-order valence-corrected chi connectivity index (χ0v) is 10.1. The van der Waals surface area contributed by atoms with E-state index in [1.54, 1.807) is 37.2 Å². The lowest BCUT2D eigenvalue weighted by atomic mass is 10.3. The van der Waals surface area contributed by atoms with Crippen LogP contribution in [0.15, 0.2) is 18.2 Å². The molecule has 76 valence electrons. The molecule has 0 bridgehead atoms. The average molecular weight is 250 g/mol. The largest absolute Gasteiger partial charge is 0.430 e. The van der Waals surface area contributed by atoms with E-state index in [1.165, 1.54) is 0 Å². The molecule has 2 nitrogen and oxygen atoms in total. The van der Waals surface area contributed by atoms with Gasteiger partial charge in [-0.2, -0.15) is 0 Å². The Kier molecular flexibility index (Phi) is 3.98. The van der Waals surface area contributed by atoms with Crippen LogP contribution < -0.4 is 4.74 Å². The molecule has 0 spiro atoms. The Morgan fingerprint density at radius 1 is 1.36 bits per heavy atom. The van der Waals surface area contributed by atoms with Gasteiger partial charge in [-0.15, -0.1) is 0 Å². The Balaban J connectivity index is 2.82. The van der Waals surface area contributed by atoms with Crippen LogP contribution in [0.2, 0.25) is 10.0 Å². The van der Waals surface area contributed by atoms with Crippen molar-refractivity contribution in [1.82, 2.24) is 4.90 Å². The Bertz CT molecular complexity index is 355. The van der Waals surface area contributed by atoms with Crippen molar-refractivity contribution in [3.8, 4) is 5.75 Å². The first-order chi connectivity index (χ1) is 6.50. The fourth-order valence-electron chi connectivity index (χ4n) is 0.743. The van der Waals surface area contributed by atoms with Crippen LogP contribution in [-0.4, -0.2) is 24.2 Å². The van der Waals surface area contributed by atoms with E-state index in [4.69, 9.17) is 40.2 Å². The van der Waals surface area contributed by atoms with E-state index in [2.05, 4.69) is 0 Å². The van der Waals surface area contributed by atoms with Crippen LogP contribution in [-0.2, 0) is 0 Å². The van der Waals surface area contributed by atoms with Crippen LogP contribution in [0, 0.1) is 0 Å². The van der Waals surface area contributed by atoms with Gasteiger partial charge in [-0.3, -0.25) is 0 Å². The highest BCUT2D eigenvalue weighted by Crippen LogP contribution is 2.27. The summed E-state index contributed by atoms with van der Waals surface area (Å²) in [5.74, 6) is 0.509. The summed E-state index contributed by atoms with van der Waals surface area (Å²) < 4.78 is 5.33. The summed E-state index contributed by atoms with van der Waals surface area (Å²) in [7, 11) is 3.60. The van der Waals surface area contributed by atoms with Crippen molar-refractivity contribution in [2.45, 2.75) is 0 Å². The lowest BCUT2D eigenvalue weighted by Gasteiger charge is -2.14. The second-order valence-electron chi connectivity index (χ2n) is 2.84. The highest BCUT2D eigenvalue weighted by atomic mass is 35.5. The second kappa shape index (κ2) is 4.82. The van der Waals surface area contributed by atoms with Crippen LogP contribution in [0.4, 0.5) is 0 Å². The predicted molar refractivity (Wildman–Crippen MR) is 63.4 cm³/mol. The highest BCUT2D eigenvalue weighted by molar-refractivity contribution is 7.80. The van der Waals surface area contributed by atoms with Gasteiger partial charge in [0.2, 0.25) is 0 Å². The Labute approximate surface area is 98.4 Å². The number of rotatable bonds is 1. The summed E-state index contributed by atoms with van der Waals surface area (Å²) >= 11 is 16.6. The third-order valence-electron chi connectivity index (χ3n) is 1.46. The number of ether oxygens (including phenoxy) is 1. The normalized spacial score (nSPS) is 9.71. The molecular formula is C9H9Cl2NOS. The predicted octanol–water partition coefficient (Wildman–Crippen LogP) is 3.22. The van der Waals surface area contributed by atoms with Gasteiger partial charge in [0.15, 0.2) is 0 Å². The third-order valence-corrected chi connectivity index (χ3v) is 2.44. The van der Waals surface area contributed by atoms with Gasteiger partial charge in [-0.05, 0) is 30.4 Å². The van der Waals surface area contributed by atoms with E-state index < -0.39 is 0 Å². The topological polar surface area (TPSA) is 12.5 Å². The quantitative estimate of drug-likeness (QED) is 0.710. The molecule has 0 radical (unpaired) electrons. The van der Waals surface area contributed by atoms with Crippen LogP contribution in [0.25, 0.3) is 0 Å². The van der Waals surface area contributed by atoms with E-state index in [0.29, 0.717) is 21.0 Å². The molecule has 5 heteroatoms. The van der Waals surface area contributed by atoms with Gasteiger partial charge in [0.1, 0.15) is 5.75 Å². The van der Waals surface area contributed by atoms with Crippen molar-refractivity contribution in [1.29, 1.82) is 0 Å². The van der Waals surface area contributed by atoms with Gasteiger partial charge in [-0.25, -0.2) is 0 Å². The molecule has 0 heterocycles. The molecule has 0 saturated carbocycles. The molecule has 1 aromatic rings. The smallest absolute Gasteiger partial charge is 0.264 e. The zero-order chi connectivity index (χ0) is 10.7. The molecule has 0 atom stereocenters. The van der Waals surface area contributed by atoms with Gasteiger partial charge < -0.3 is 9.64 Å². The summed E-state index contributed by atoms with van der Waals surface area (Å²) in [6.45, 7) is 0. The number of thiocarbonyl (C=S) groups is 1. The molecule has 1 rings (SSSR count). The SMILES string of the molecule is CN(C)C(=S)Oc1ccc(Cl)cc1Cl. The van der Waals surface area contributed by atoms with Gasteiger partial charge in [0, 0.05) is 19.1 Å². The van der Waals surface area contributed by atoms with Gasteiger partial charge in [-0.1, -0.05) is 23.2 Å². The van der Waals surface area contributed by atoms with Crippen molar-refractivity contribution in [3.63, 3.8) is 0 Å². The number of hydrogen-bond donors (Lipinski definition) is 0. The molecule has 0 unspecified atom stereocenters. The highest BCUT2D eigenvalue weighted by Gasteiger charge is 2.06. The average Bonchev–Trinajstić information content (AvgIpc) is 2.09. The van der Waals surface area contributed by atoms with Gasteiger partial charge in [0.25, 0.3) is 5.17 Å². The van der Waals surface area contributed by atoms with Crippen molar-refractivity contribution in [3.05, 3.63) is 28.2 Å². The molecule has 1 aromatic carbocycles. The van der Waals surface area contributed by atoms with E-state index >= 15 is 0 Å². The van der Waals surface area contributed by atoms with Crippen molar-refractivity contribution < 1.29 is 4.74 Å². The van der Waals surface area contributed by atoms with Gasteiger partial charge >= 0.3 is 0 Å². The molecule has 0 fully saturated rings. The fraction of sp³-hybridized carbons (Fsp3) is 0.222. The minimum absolute atomic E-state index is 0.356. The van der Waals surface area contributed by atoms with E-state index in [0.717, 1.165) is 0 Å². The molecule has 0 aromatic heterocycles. The molecular weight excluding hydrogens is 241 g/mol. The van der Waals surface area contributed by atoms with Crippen molar-refractivity contribution >= 4 is 40.6 Å². The summed E-state index contributed by atoms with van der Waals surface area (Å²) in [6.07, 6.45) is 0. The minimum Gasteiger partial charge on any atom is -0.430 e. The summed E-state index contributed by atoms with van der Waals surface area (Å²) in [5, 5.41) is 1.37. The van der Waals surface area contributed by atoms with Crippen LogP contribution >= 0.6 is 35.4 Å². The summed E-state index contributed by atoms with van der Waals surface area (Å²) in [5.41, 5.74) is 0. The first-order valence-electron chi connectivity index (χ1n) is 3.85. The summed E-state index contributed by atoms with van der Waals surface area (Å²) in [6, 6.07) is 4.98. The van der Waals surface area contributed by atoms with Crippen molar-refractivity contribution in [2.75, 3.05) is 14.1 Å². The fourth-order valence-corrected chi connectivity index (χ4v) is 1.28. The van der Waals surface area contributed by atoms with Crippen LogP contribution in [0.1, 0.15) is 0 Å². The maximum atomic E-state index is 5.89. The monoisotopic (exact) mass is 249 g/mol. The van der Waals surface area contributed by atoms with Crippen molar-refractivity contribution in [2.24, 2.45) is 0 Å². The number of hydrogen-bond acceptors (Lipinski definition) is 2. The Morgan fingerprint density at radius 3 is 2.50 bits per heavy atom. The van der Waals surface area contributed by atoms with E-state index in [1.807, 2.05) is 0 Å². The molecule has 0 aliphatic rings. The van der Waals surface area contributed by atoms with Crippen LogP contribution in [0.3, 0.4) is 0 Å². The number of halogens is 2. The van der Waals surface area contributed by atoms with Gasteiger partial charge in [0.05, 0.1) is 5.02 Å². The maximum absolute atomic E-state index is 5.89. The number of nitrogens with zero attached hydrogens (tertiary/aromatic N) is 1. The molecule has 14 heavy (non-hydrogen) atoms.